The van der Waals surface area contributed by atoms with E-state index in [4.69, 9.17) is 23.7 Å². The molecule has 1 aromatic rings. The van der Waals surface area contributed by atoms with Crippen LogP contribution in [0.2, 0.25) is 0 Å². The smallest absolute Gasteiger partial charge is 0.224 e. The molecule has 7 nitrogen and oxygen atoms in total. The number of fused-ring (bicyclic) bond motifs is 1. The van der Waals surface area contributed by atoms with Crippen LogP contribution < -0.4 is 14.2 Å². The van der Waals surface area contributed by atoms with Crippen LogP contribution in [0.4, 0.5) is 0 Å². The molecule has 7 heteroatoms. The molecule has 3 aliphatic rings. The second-order valence-corrected chi connectivity index (χ2v) is 8.29. The van der Waals surface area contributed by atoms with Gasteiger partial charge in [-0.25, -0.2) is 0 Å². The molecule has 0 bridgehead atoms. The Hall–Kier alpha value is -2.67. The van der Waals surface area contributed by atoms with E-state index in [1.54, 1.807) is 21.3 Å². The molecule has 4 rings (SSSR count). The van der Waals surface area contributed by atoms with Crippen LogP contribution in [0.5, 0.6) is 17.2 Å². The van der Waals surface area contributed by atoms with Gasteiger partial charge in [-0.3, -0.25) is 4.79 Å². The maximum absolute atomic E-state index is 12.8. The number of allylic oxidation sites excluding steroid dienone is 2. The number of aliphatic hydroxyl groups is 1. The summed E-state index contributed by atoms with van der Waals surface area (Å²) in [4.78, 5) is 12.8. The molecule has 1 saturated carbocycles. The van der Waals surface area contributed by atoms with E-state index in [1.165, 1.54) is 20.3 Å². The van der Waals surface area contributed by atoms with Crippen molar-refractivity contribution in [3.8, 4) is 17.2 Å². The lowest BCUT2D eigenvalue weighted by Gasteiger charge is -2.44. The van der Waals surface area contributed by atoms with Crippen molar-refractivity contribution in [3.05, 3.63) is 40.4 Å². The fourth-order valence-corrected chi connectivity index (χ4v) is 6.01. The molecule has 30 heavy (non-hydrogen) atoms. The van der Waals surface area contributed by atoms with E-state index in [1.807, 2.05) is 13.0 Å². The molecule has 1 fully saturated rings. The van der Waals surface area contributed by atoms with E-state index in [0.717, 1.165) is 11.1 Å². The Morgan fingerprint density at radius 2 is 1.67 bits per heavy atom. The van der Waals surface area contributed by atoms with Crippen LogP contribution >= 0.6 is 0 Å². The third-order valence-electron chi connectivity index (χ3n) is 7.40. The number of rotatable bonds is 5. The predicted octanol–water partition coefficient (Wildman–Crippen LogP) is 2.54. The van der Waals surface area contributed by atoms with E-state index in [-0.39, 0.29) is 17.5 Å². The standard InChI is InChI=1S/C23H28O7/c1-11-17(25)13-9-14(24)18(27-4)21(30-7)23(13)16-12(10-22(11,23)2)8-15(26-3)19(28-5)20(16)29-6/h8-9,11,17,25H,10H2,1-7H3/t11-,17+,22+,23+/m0/s1. The van der Waals surface area contributed by atoms with Gasteiger partial charge in [0.15, 0.2) is 17.3 Å². The summed E-state index contributed by atoms with van der Waals surface area (Å²) in [6.45, 7) is 4.12. The highest BCUT2D eigenvalue weighted by atomic mass is 16.5. The summed E-state index contributed by atoms with van der Waals surface area (Å²) in [5.41, 5.74) is 0.986. The Balaban J connectivity index is 2.21. The Morgan fingerprint density at radius 3 is 2.20 bits per heavy atom. The first-order valence-electron chi connectivity index (χ1n) is 9.87. The van der Waals surface area contributed by atoms with E-state index in [2.05, 4.69) is 6.92 Å². The quantitative estimate of drug-likeness (QED) is 0.790. The van der Waals surface area contributed by atoms with Crippen molar-refractivity contribution in [2.24, 2.45) is 11.3 Å². The second-order valence-electron chi connectivity index (χ2n) is 8.29. The largest absolute Gasteiger partial charge is 0.496 e. The number of benzene rings is 1. The van der Waals surface area contributed by atoms with Crippen LogP contribution in [0.3, 0.4) is 0 Å². The first-order chi connectivity index (χ1) is 14.3. The van der Waals surface area contributed by atoms with Crippen molar-refractivity contribution in [2.45, 2.75) is 31.8 Å². The highest BCUT2D eigenvalue weighted by Gasteiger charge is 2.72. The van der Waals surface area contributed by atoms with Crippen molar-refractivity contribution in [1.29, 1.82) is 0 Å². The van der Waals surface area contributed by atoms with Crippen LogP contribution in [0.1, 0.15) is 25.0 Å². The molecule has 1 spiro atoms. The maximum Gasteiger partial charge on any atom is 0.224 e. The van der Waals surface area contributed by atoms with Crippen LogP contribution in [-0.2, 0) is 26.1 Å². The molecule has 0 heterocycles. The molecule has 4 atom stereocenters. The van der Waals surface area contributed by atoms with E-state index >= 15 is 0 Å². The van der Waals surface area contributed by atoms with Crippen molar-refractivity contribution in [3.63, 3.8) is 0 Å². The minimum absolute atomic E-state index is 0.137. The monoisotopic (exact) mass is 416 g/mol. The normalized spacial score (nSPS) is 31.6. The molecule has 3 aliphatic carbocycles. The van der Waals surface area contributed by atoms with Gasteiger partial charge in [0.25, 0.3) is 0 Å². The zero-order valence-corrected chi connectivity index (χ0v) is 18.4. The average Bonchev–Trinajstić information content (AvgIpc) is 3.09. The lowest BCUT2D eigenvalue weighted by Crippen LogP contribution is -2.45. The van der Waals surface area contributed by atoms with Crippen molar-refractivity contribution in [2.75, 3.05) is 35.5 Å². The highest BCUT2D eigenvalue weighted by Crippen LogP contribution is 2.72. The Morgan fingerprint density at radius 1 is 1.00 bits per heavy atom. The maximum atomic E-state index is 12.8. The molecular weight excluding hydrogens is 388 g/mol. The summed E-state index contributed by atoms with van der Waals surface area (Å²) in [7, 11) is 7.69. The van der Waals surface area contributed by atoms with E-state index in [9.17, 15) is 9.90 Å². The molecular formula is C23H28O7. The van der Waals surface area contributed by atoms with Crippen molar-refractivity contribution in [1.82, 2.24) is 0 Å². The lowest BCUT2D eigenvalue weighted by molar-refractivity contribution is -0.115. The van der Waals surface area contributed by atoms with Gasteiger partial charge in [-0.05, 0) is 41.0 Å². The Labute approximate surface area is 176 Å². The number of ether oxygens (including phenoxy) is 5. The molecule has 0 aromatic heterocycles. The Bertz CT molecular complexity index is 992. The topological polar surface area (TPSA) is 83.5 Å². The third-order valence-corrected chi connectivity index (χ3v) is 7.40. The van der Waals surface area contributed by atoms with E-state index < -0.39 is 16.9 Å². The average molecular weight is 416 g/mol. The minimum atomic E-state index is -0.930. The minimum Gasteiger partial charge on any atom is -0.496 e. The van der Waals surface area contributed by atoms with Gasteiger partial charge in [0.05, 0.1) is 47.1 Å². The summed E-state index contributed by atoms with van der Waals surface area (Å²) in [5.74, 6) is 1.57. The number of hydrogen-bond donors (Lipinski definition) is 1. The molecule has 162 valence electrons. The first-order valence-corrected chi connectivity index (χ1v) is 9.87. The molecule has 0 saturated heterocycles. The summed E-state index contributed by atoms with van der Waals surface area (Å²) < 4.78 is 28.5. The summed E-state index contributed by atoms with van der Waals surface area (Å²) in [6.07, 6.45) is 1.32. The highest BCUT2D eigenvalue weighted by molar-refractivity contribution is 6.06. The SMILES string of the molecule is COC1=C(OC)[C@]23C(=CC1=O)[C@H](O)[C@H](C)[C@@]2(C)Cc1cc(OC)c(OC)c(OC)c13. The number of hydrogen-bond acceptors (Lipinski definition) is 7. The summed E-state index contributed by atoms with van der Waals surface area (Å²) >= 11 is 0. The molecule has 0 unspecified atom stereocenters. The third kappa shape index (κ3) is 2.06. The van der Waals surface area contributed by atoms with Gasteiger partial charge in [-0.15, -0.1) is 0 Å². The van der Waals surface area contributed by atoms with Crippen LogP contribution in [0, 0.1) is 11.3 Å². The molecule has 0 aliphatic heterocycles. The van der Waals surface area contributed by atoms with Crippen molar-refractivity contribution < 1.29 is 33.6 Å². The number of aliphatic hydroxyl groups excluding tert-OH is 1. The molecule has 1 aromatic carbocycles. The first kappa shape index (κ1) is 20.6. The van der Waals surface area contributed by atoms with Gasteiger partial charge in [0, 0.05) is 5.56 Å². The summed E-state index contributed by atoms with van der Waals surface area (Å²) in [5, 5.41) is 11.2. The van der Waals surface area contributed by atoms with Gasteiger partial charge in [0.1, 0.15) is 0 Å². The molecule has 0 amide bonds. The number of carbonyl (C=O) groups excluding carboxylic acids is 1. The number of carbonyl (C=O) groups is 1. The zero-order valence-electron chi connectivity index (χ0n) is 18.4. The number of methoxy groups -OCH3 is 5. The van der Waals surface area contributed by atoms with E-state index in [0.29, 0.717) is 35.0 Å². The molecule has 0 radical (unpaired) electrons. The van der Waals surface area contributed by atoms with Crippen LogP contribution in [0.25, 0.3) is 0 Å². The van der Waals surface area contributed by atoms with Crippen molar-refractivity contribution >= 4 is 5.78 Å². The molecule has 1 N–H and O–H groups in total. The van der Waals surface area contributed by atoms with Gasteiger partial charge < -0.3 is 28.8 Å². The van der Waals surface area contributed by atoms with Gasteiger partial charge in [0.2, 0.25) is 17.3 Å². The second kappa shape index (κ2) is 6.67. The number of ketones is 1. The van der Waals surface area contributed by atoms with Crippen LogP contribution in [-0.4, -0.2) is 52.5 Å². The fraction of sp³-hybridized carbons (Fsp3) is 0.522. The fourth-order valence-electron chi connectivity index (χ4n) is 6.01. The van der Waals surface area contributed by atoms with Crippen LogP contribution in [0.15, 0.2) is 29.2 Å². The lowest BCUT2D eigenvalue weighted by atomic mass is 9.60. The predicted molar refractivity (Wildman–Crippen MR) is 109 cm³/mol. The zero-order chi connectivity index (χ0) is 22.0. The Kier molecular flexibility index (Phi) is 4.58. The van der Waals surface area contributed by atoms with Gasteiger partial charge in [-0.2, -0.15) is 0 Å². The van der Waals surface area contributed by atoms with Gasteiger partial charge in [-0.1, -0.05) is 13.8 Å². The summed E-state index contributed by atoms with van der Waals surface area (Å²) in [6, 6.07) is 1.95. The van der Waals surface area contributed by atoms with Gasteiger partial charge >= 0.3 is 0 Å².